The second kappa shape index (κ2) is 8.81. The topological polar surface area (TPSA) is 83.6 Å². The molecule has 156 valence electrons. The predicted molar refractivity (Wildman–Crippen MR) is 115 cm³/mol. The van der Waals surface area contributed by atoms with E-state index in [2.05, 4.69) is 44.7 Å². The Balaban J connectivity index is 1.35. The summed E-state index contributed by atoms with van der Waals surface area (Å²) in [6.45, 7) is 3.02. The molecule has 1 amide bonds. The number of imidazole rings is 1. The highest BCUT2D eigenvalue weighted by atomic mass is 16.2. The lowest BCUT2D eigenvalue weighted by Gasteiger charge is -2.35. The first-order valence-electron chi connectivity index (χ1n) is 9.90. The van der Waals surface area contributed by atoms with Gasteiger partial charge in [0.15, 0.2) is 5.96 Å². The first-order chi connectivity index (χ1) is 14.6. The third kappa shape index (κ3) is 4.51. The molecule has 9 nitrogen and oxygen atoms in total. The van der Waals surface area contributed by atoms with Crippen LogP contribution in [0.15, 0.2) is 60.4 Å². The lowest BCUT2D eigenvalue weighted by molar-refractivity contribution is -0.120. The largest absolute Gasteiger partial charge is 0.352 e. The van der Waals surface area contributed by atoms with Crippen LogP contribution < -0.4 is 10.2 Å². The Kier molecular flexibility index (Phi) is 5.78. The van der Waals surface area contributed by atoms with Gasteiger partial charge in [-0.15, -0.1) is 0 Å². The maximum absolute atomic E-state index is 12.7. The molecule has 4 rings (SSSR count). The van der Waals surface area contributed by atoms with Crippen molar-refractivity contribution in [2.75, 3.05) is 31.6 Å². The van der Waals surface area contributed by atoms with Crippen LogP contribution in [0.2, 0.25) is 0 Å². The van der Waals surface area contributed by atoms with Crippen molar-refractivity contribution in [3.05, 3.63) is 66.5 Å². The molecule has 30 heavy (non-hydrogen) atoms. The number of hydrogen-bond acceptors (Lipinski definition) is 4. The number of anilines is 1. The van der Waals surface area contributed by atoms with Gasteiger partial charge in [0.05, 0.1) is 18.2 Å². The maximum atomic E-state index is 12.7. The normalized spacial score (nSPS) is 15.0. The van der Waals surface area contributed by atoms with Gasteiger partial charge >= 0.3 is 0 Å². The molecular weight excluding hydrogens is 380 g/mol. The summed E-state index contributed by atoms with van der Waals surface area (Å²) < 4.78 is 3.75. The molecule has 0 saturated carbocycles. The van der Waals surface area contributed by atoms with Gasteiger partial charge in [0.2, 0.25) is 5.91 Å². The molecule has 0 aliphatic carbocycles. The fourth-order valence-corrected chi connectivity index (χ4v) is 3.62. The van der Waals surface area contributed by atoms with Gasteiger partial charge in [-0.1, -0.05) is 24.3 Å². The number of amides is 1. The predicted octanol–water partition coefficient (Wildman–Crippen LogP) is 1.09. The molecule has 0 atom stereocenters. The molecule has 1 aliphatic heterocycles. The van der Waals surface area contributed by atoms with Crippen molar-refractivity contribution in [3.8, 4) is 0 Å². The summed E-state index contributed by atoms with van der Waals surface area (Å²) in [6.07, 6.45) is 9.13. The minimum Gasteiger partial charge on any atom is -0.352 e. The molecule has 1 aromatic carbocycles. The number of nitrogens with one attached hydrogen (secondary N) is 1. The Hall–Kier alpha value is -3.62. The van der Waals surface area contributed by atoms with Gasteiger partial charge < -0.3 is 19.7 Å². The van der Waals surface area contributed by atoms with Crippen molar-refractivity contribution in [1.82, 2.24) is 29.5 Å². The Morgan fingerprint density at radius 3 is 2.83 bits per heavy atom. The van der Waals surface area contributed by atoms with Crippen LogP contribution in [0, 0.1) is 0 Å². The molecule has 2 aromatic heterocycles. The zero-order valence-corrected chi connectivity index (χ0v) is 17.3. The van der Waals surface area contributed by atoms with Gasteiger partial charge in [-0.05, 0) is 11.1 Å². The molecule has 1 saturated heterocycles. The second-order valence-corrected chi connectivity index (χ2v) is 7.29. The molecular formula is C21H26N8O. The SMILES string of the molecule is CN=C(NCc1cccc(Cn2ccnc2)c1)N1CCN(c2cnn(C)c2)C(=O)C1. The second-order valence-electron chi connectivity index (χ2n) is 7.29. The lowest BCUT2D eigenvalue weighted by Crippen LogP contribution is -2.55. The monoisotopic (exact) mass is 406 g/mol. The zero-order valence-electron chi connectivity index (χ0n) is 17.3. The summed E-state index contributed by atoms with van der Waals surface area (Å²) in [4.78, 5) is 24.9. The van der Waals surface area contributed by atoms with E-state index in [9.17, 15) is 4.79 Å². The lowest BCUT2D eigenvalue weighted by atomic mass is 10.1. The van der Waals surface area contributed by atoms with Gasteiger partial charge in [0.25, 0.3) is 0 Å². The number of nitrogens with zero attached hydrogens (tertiary/aromatic N) is 7. The number of aliphatic imine (C=N–C) groups is 1. The van der Waals surface area contributed by atoms with E-state index in [4.69, 9.17) is 0 Å². The Bertz CT molecular complexity index is 1020. The van der Waals surface area contributed by atoms with Crippen LogP contribution in [0.5, 0.6) is 0 Å². The van der Waals surface area contributed by atoms with Gasteiger partial charge in [-0.3, -0.25) is 14.5 Å². The number of aryl methyl sites for hydroxylation is 1. The smallest absolute Gasteiger partial charge is 0.246 e. The fourth-order valence-electron chi connectivity index (χ4n) is 3.62. The number of carbonyl (C=O) groups excluding carboxylic acids is 1. The molecule has 3 aromatic rings. The van der Waals surface area contributed by atoms with Gasteiger partial charge in [-0.2, -0.15) is 5.10 Å². The van der Waals surface area contributed by atoms with Crippen LogP contribution >= 0.6 is 0 Å². The third-order valence-corrected chi connectivity index (χ3v) is 5.10. The minimum absolute atomic E-state index is 0.0412. The molecule has 1 fully saturated rings. The summed E-state index contributed by atoms with van der Waals surface area (Å²) in [5.74, 6) is 0.772. The van der Waals surface area contributed by atoms with Crippen LogP contribution in [-0.2, 0) is 24.9 Å². The van der Waals surface area contributed by atoms with Gasteiger partial charge in [0, 0.05) is 58.9 Å². The molecule has 3 heterocycles. The van der Waals surface area contributed by atoms with Crippen molar-refractivity contribution >= 4 is 17.6 Å². The minimum atomic E-state index is 0.0412. The molecule has 9 heteroatoms. The van der Waals surface area contributed by atoms with E-state index >= 15 is 0 Å². The molecule has 0 spiro atoms. The number of rotatable bonds is 5. The highest BCUT2D eigenvalue weighted by molar-refractivity contribution is 5.98. The summed E-state index contributed by atoms with van der Waals surface area (Å²) in [7, 11) is 3.59. The van der Waals surface area contributed by atoms with Gasteiger partial charge in [0.1, 0.15) is 6.54 Å². The number of carbonyl (C=O) groups is 1. The molecule has 1 N–H and O–H groups in total. The molecule has 0 unspecified atom stereocenters. The average Bonchev–Trinajstić information content (AvgIpc) is 3.41. The number of hydrogen-bond donors (Lipinski definition) is 1. The molecule has 0 bridgehead atoms. The molecule has 1 aliphatic rings. The van der Waals surface area contributed by atoms with Gasteiger partial charge in [-0.25, -0.2) is 4.98 Å². The van der Waals surface area contributed by atoms with Crippen molar-refractivity contribution in [1.29, 1.82) is 0 Å². The Morgan fingerprint density at radius 2 is 2.13 bits per heavy atom. The number of piperazine rings is 1. The number of benzene rings is 1. The zero-order chi connectivity index (χ0) is 20.9. The van der Waals surface area contributed by atoms with Crippen LogP contribution in [0.1, 0.15) is 11.1 Å². The number of aromatic nitrogens is 4. The van der Waals surface area contributed by atoms with Crippen LogP contribution in [-0.4, -0.2) is 62.8 Å². The number of guanidine groups is 1. The Morgan fingerprint density at radius 1 is 1.27 bits per heavy atom. The van der Waals surface area contributed by atoms with E-state index in [0.717, 1.165) is 23.8 Å². The average molecular weight is 406 g/mol. The maximum Gasteiger partial charge on any atom is 0.246 e. The van der Waals surface area contributed by atoms with E-state index in [1.807, 2.05) is 35.2 Å². The van der Waals surface area contributed by atoms with Crippen molar-refractivity contribution < 1.29 is 4.79 Å². The summed E-state index contributed by atoms with van der Waals surface area (Å²) in [5, 5.41) is 7.55. The van der Waals surface area contributed by atoms with Crippen LogP contribution in [0.3, 0.4) is 0 Å². The van der Waals surface area contributed by atoms with Crippen LogP contribution in [0.4, 0.5) is 5.69 Å². The van der Waals surface area contributed by atoms with E-state index in [0.29, 0.717) is 19.6 Å². The van der Waals surface area contributed by atoms with E-state index in [-0.39, 0.29) is 12.5 Å². The first kappa shape index (κ1) is 19.7. The highest BCUT2D eigenvalue weighted by Gasteiger charge is 2.27. The van der Waals surface area contributed by atoms with Crippen molar-refractivity contribution in [2.45, 2.75) is 13.1 Å². The fraction of sp³-hybridized carbons (Fsp3) is 0.333. The van der Waals surface area contributed by atoms with E-state index in [1.54, 1.807) is 29.0 Å². The van der Waals surface area contributed by atoms with Crippen LogP contribution in [0.25, 0.3) is 0 Å². The van der Waals surface area contributed by atoms with E-state index < -0.39 is 0 Å². The van der Waals surface area contributed by atoms with Crippen molar-refractivity contribution in [3.63, 3.8) is 0 Å². The van der Waals surface area contributed by atoms with Crippen molar-refractivity contribution in [2.24, 2.45) is 12.0 Å². The highest BCUT2D eigenvalue weighted by Crippen LogP contribution is 2.16. The third-order valence-electron chi connectivity index (χ3n) is 5.10. The standard InChI is InChI=1S/C21H26N8O/c1-22-21(28-8-9-29(20(30)15-28)19-12-25-26(2)14-19)24-11-17-4-3-5-18(10-17)13-27-7-6-23-16-27/h3-7,10,12,14,16H,8-9,11,13,15H2,1-2H3,(H,22,24). The molecule has 0 radical (unpaired) electrons. The van der Waals surface area contributed by atoms with E-state index in [1.165, 1.54) is 5.56 Å². The summed E-state index contributed by atoms with van der Waals surface area (Å²) >= 11 is 0. The summed E-state index contributed by atoms with van der Waals surface area (Å²) in [5.41, 5.74) is 3.21. The Labute approximate surface area is 175 Å². The first-order valence-corrected chi connectivity index (χ1v) is 9.90. The summed E-state index contributed by atoms with van der Waals surface area (Å²) in [6, 6.07) is 8.42. The quantitative estimate of drug-likeness (QED) is 0.507.